The summed E-state index contributed by atoms with van der Waals surface area (Å²) in [6.07, 6.45) is -2.33. The number of anilines is 1. The lowest BCUT2D eigenvalue weighted by molar-refractivity contribution is -0.140. The number of rotatable bonds is 12. The summed E-state index contributed by atoms with van der Waals surface area (Å²) < 4.78 is 66.0. The average Bonchev–Trinajstić information content (AvgIpc) is 2.83. The molecule has 0 saturated heterocycles. The van der Waals surface area contributed by atoms with Crippen molar-refractivity contribution in [3.63, 3.8) is 0 Å². The van der Waals surface area contributed by atoms with E-state index in [0.717, 1.165) is 18.7 Å². The van der Waals surface area contributed by atoms with Crippen molar-refractivity contribution in [2.75, 3.05) is 23.7 Å². The van der Waals surface area contributed by atoms with Crippen LogP contribution in [0.15, 0.2) is 36.4 Å². The first-order chi connectivity index (χ1) is 18.1. The van der Waals surface area contributed by atoms with Crippen LogP contribution >= 0.6 is 34.8 Å². The maximum Gasteiger partial charge on any atom is 0.416 e. The van der Waals surface area contributed by atoms with Gasteiger partial charge in [-0.1, -0.05) is 61.1 Å². The van der Waals surface area contributed by atoms with E-state index in [2.05, 4.69) is 5.32 Å². The average molecular weight is 631 g/mol. The topological polar surface area (TPSA) is 86.8 Å². The molecule has 0 heterocycles. The molecule has 1 N–H and O–H groups in total. The number of nitrogens with one attached hydrogen (secondary N) is 1. The minimum atomic E-state index is -4.78. The summed E-state index contributed by atoms with van der Waals surface area (Å²) in [6, 6.07) is 5.77. The van der Waals surface area contributed by atoms with Crippen LogP contribution in [-0.4, -0.2) is 50.5 Å². The van der Waals surface area contributed by atoms with Crippen molar-refractivity contribution in [2.45, 2.75) is 51.9 Å². The number of sulfonamides is 1. The third-order valence-corrected chi connectivity index (χ3v) is 7.96. The summed E-state index contributed by atoms with van der Waals surface area (Å²) in [4.78, 5) is 27.9. The Labute approximate surface area is 241 Å². The predicted molar refractivity (Wildman–Crippen MR) is 148 cm³/mol. The van der Waals surface area contributed by atoms with Crippen molar-refractivity contribution in [3.05, 3.63) is 62.6 Å². The molecule has 0 aliphatic carbocycles. The molecule has 0 fully saturated rings. The summed E-state index contributed by atoms with van der Waals surface area (Å²) in [7, 11) is -4.29. The second-order valence-electron chi connectivity index (χ2n) is 8.77. The molecular weight excluding hydrogens is 602 g/mol. The molecule has 2 aromatic carbocycles. The maximum atomic E-state index is 13.7. The van der Waals surface area contributed by atoms with Crippen LogP contribution in [0.25, 0.3) is 0 Å². The summed E-state index contributed by atoms with van der Waals surface area (Å²) in [5.41, 5.74) is -1.16. The highest BCUT2D eigenvalue weighted by molar-refractivity contribution is 7.92. The smallest absolute Gasteiger partial charge is 0.354 e. The molecular formula is C25H29Cl3F3N3O4S. The first-order valence-electron chi connectivity index (χ1n) is 12.0. The molecule has 2 amide bonds. The number of benzene rings is 2. The number of halogens is 6. The SMILES string of the molecule is CCCCNC(=O)[C@H](CC)N(Cc1ccc(Cl)c(Cl)c1)C(=O)CN(c1cc(C(F)(F)F)ccc1Cl)S(C)(=O)=O. The van der Waals surface area contributed by atoms with Gasteiger partial charge in [-0.05, 0) is 48.7 Å². The van der Waals surface area contributed by atoms with Gasteiger partial charge < -0.3 is 10.2 Å². The van der Waals surface area contributed by atoms with Gasteiger partial charge in [0.05, 0.1) is 32.6 Å². The Morgan fingerprint density at radius 1 is 1.00 bits per heavy atom. The Balaban J connectivity index is 2.53. The first-order valence-corrected chi connectivity index (χ1v) is 14.9. The summed E-state index contributed by atoms with van der Waals surface area (Å²) in [5, 5.41) is 2.94. The Morgan fingerprint density at radius 3 is 2.18 bits per heavy atom. The van der Waals surface area contributed by atoms with Crippen LogP contribution in [0.4, 0.5) is 18.9 Å². The number of unbranched alkanes of at least 4 members (excludes halogenated alkanes) is 1. The van der Waals surface area contributed by atoms with Crippen molar-refractivity contribution >= 4 is 62.3 Å². The molecule has 0 radical (unpaired) electrons. The minimum Gasteiger partial charge on any atom is -0.354 e. The van der Waals surface area contributed by atoms with Crippen LogP contribution in [0.1, 0.15) is 44.2 Å². The molecule has 0 spiro atoms. The number of carbonyl (C=O) groups is 2. The lowest BCUT2D eigenvalue weighted by Gasteiger charge is -2.33. The number of carbonyl (C=O) groups excluding carboxylic acids is 2. The standard InChI is InChI=1S/C25H29Cl3F3N3O4S/c1-4-6-11-32-24(36)21(5-2)33(14-16-7-9-18(26)20(28)12-16)23(35)15-34(39(3,37)38)22-13-17(25(29,30)31)8-10-19(22)27/h7-10,12-13,21H,4-6,11,14-15H2,1-3H3,(H,32,36)/t21-/m0/s1. The highest BCUT2D eigenvalue weighted by Gasteiger charge is 2.35. The fraction of sp³-hybridized carbons (Fsp3) is 0.440. The molecule has 0 unspecified atom stereocenters. The molecule has 1 atom stereocenters. The van der Waals surface area contributed by atoms with Crippen molar-refractivity contribution in [1.29, 1.82) is 0 Å². The highest BCUT2D eigenvalue weighted by Crippen LogP contribution is 2.36. The molecule has 0 aromatic heterocycles. The molecule has 2 aromatic rings. The third-order valence-electron chi connectivity index (χ3n) is 5.77. The fourth-order valence-electron chi connectivity index (χ4n) is 3.74. The third kappa shape index (κ3) is 9.16. The Bertz CT molecular complexity index is 1290. The van der Waals surface area contributed by atoms with Crippen LogP contribution in [0, 0.1) is 0 Å². The van der Waals surface area contributed by atoms with Gasteiger partial charge in [0.1, 0.15) is 12.6 Å². The highest BCUT2D eigenvalue weighted by atomic mass is 35.5. The van der Waals surface area contributed by atoms with Gasteiger partial charge in [-0.25, -0.2) is 8.42 Å². The fourth-order valence-corrected chi connectivity index (χ4v) is 5.18. The molecule has 216 valence electrons. The van der Waals surface area contributed by atoms with Gasteiger partial charge in [0.2, 0.25) is 21.8 Å². The van der Waals surface area contributed by atoms with E-state index in [9.17, 15) is 31.2 Å². The minimum absolute atomic E-state index is 0.149. The predicted octanol–water partition coefficient (Wildman–Crippen LogP) is 6.16. The van der Waals surface area contributed by atoms with E-state index in [0.29, 0.717) is 35.0 Å². The van der Waals surface area contributed by atoms with Gasteiger partial charge in [-0.2, -0.15) is 13.2 Å². The summed E-state index contributed by atoms with van der Waals surface area (Å²) in [6.45, 7) is 2.94. The van der Waals surface area contributed by atoms with Gasteiger partial charge in [0.15, 0.2) is 0 Å². The summed E-state index contributed by atoms with van der Waals surface area (Å²) >= 11 is 18.2. The molecule has 0 saturated carbocycles. The van der Waals surface area contributed by atoms with Crippen LogP contribution in [-0.2, 0) is 32.3 Å². The van der Waals surface area contributed by atoms with E-state index in [1.807, 2.05) is 6.92 Å². The number of nitrogens with zero attached hydrogens (tertiary/aromatic N) is 2. The second kappa shape index (κ2) is 13.9. The summed E-state index contributed by atoms with van der Waals surface area (Å²) in [5.74, 6) is -1.29. The normalized spacial score (nSPS) is 12.6. The van der Waals surface area contributed by atoms with Gasteiger partial charge >= 0.3 is 6.18 Å². The van der Waals surface area contributed by atoms with E-state index in [1.165, 1.54) is 17.0 Å². The first kappa shape index (κ1) is 33.0. The lowest BCUT2D eigenvalue weighted by atomic mass is 10.1. The number of hydrogen-bond donors (Lipinski definition) is 1. The molecule has 0 aliphatic heterocycles. The van der Waals surface area contributed by atoms with Crippen molar-refractivity contribution < 1.29 is 31.2 Å². The van der Waals surface area contributed by atoms with Crippen LogP contribution in [0.2, 0.25) is 15.1 Å². The number of amides is 2. The monoisotopic (exact) mass is 629 g/mol. The molecule has 14 heteroatoms. The Morgan fingerprint density at radius 2 is 1.64 bits per heavy atom. The number of hydrogen-bond acceptors (Lipinski definition) is 4. The molecule has 0 aliphatic rings. The zero-order valence-electron chi connectivity index (χ0n) is 21.5. The molecule has 39 heavy (non-hydrogen) atoms. The molecule has 7 nitrogen and oxygen atoms in total. The Hall–Kier alpha value is -2.21. The van der Waals surface area contributed by atoms with E-state index >= 15 is 0 Å². The van der Waals surface area contributed by atoms with Gasteiger partial charge in [0, 0.05) is 13.1 Å². The van der Waals surface area contributed by atoms with Crippen molar-refractivity contribution in [3.8, 4) is 0 Å². The van der Waals surface area contributed by atoms with Crippen LogP contribution in [0.5, 0.6) is 0 Å². The largest absolute Gasteiger partial charge is 0.416 e. The van der Waals surface area contributed by atoms with E-state index in [4.69, 9.17) is 34.8 Å². The lowest BCUT2D eigenvalue weighted by Crippen LogP contribution is -2.52. The van der Waals surface area contributed by atoms with E-state index in [-0.39, 0.29) is 28.0 Å². The van der Waals surface area contributed by atoms with Crippen LogP contribution in [0.3, 0.4) is 0 Å². The van der Waals surface area contributed by atoms with Crippen molar-refractivity contribution in [2.24, 2.45) is 0 Å². The Kier molecular flexibility index (Phi) is 11.8. The van der Waals surface area contributed by atoms with Gasteiger partial charge in [-0.3, -0.25) is 13.9 Å². The van der Waals surface area contributed by atoms with E-state index < -0.39 is 51.9 Å². The zero-order chi connectivity index (χ0) is 29.5. The van der Waals surface area contributed by atoms with Crippen molar-refractivity contribution in [1.82, 2.24) is 10.2 Å². The maximum absolute atomic E-state index is 13.7. The molecule has 0 bridgehead atoms. The zero-order valence-corrected chi connectivity index (χ0v) is 24.6. The van der Waals surface area contributed by atoms with Crippen LogP contribution < -0.4 is 9.62 Å². The molecule has 2 rings (SSSR count). The van der Waals surface area contributed by atoms with Gasteiger partial charge in [-0.15, -0.1) is 0 Å². The van der Waals surface area contributed by atoms with Gasteiger partial charge in [0.25, 0.3) is 0 Å². The van der Waals surface area contributed by atoms with E-state index in [1.54, 1.807) is 13.0 Å². The number of alkyl halides is 3. The quantitative estimate of drug-likeness (QED) is 0.285. The second-order valence-corrected chi connectivity index (χ2v) is 11.9.